The maximum absolute atomic E-state index is 2.41. The second-order valence-corrected chi connectivity index (χ2v) is 16.1. The molecule has 0 saturated heterocycles. The summed E-state index contributed by atoms with van der Waals surface area (Å²) in [4.78, 5) is 2.41. The van der Waals surface area contributed by atoms with Crippen LogP contribution < -0.4 is 4.90 Å². The van der Waals surface area contributed by atoms with Gasteiger partial charge >= 0.3 is 0 Å². The zero-order valence-electron chi connectivity index (χ0n) is 34.8. The van der Waals surface area contributed by atoms with E-state index < -0.39 is 0 Å². The van der Waals surface area contributed by atoms with Crippen LogP contribution in [0.25, 0.3) is 88.3 Å². The number of hydrogen-bond donors (Lipinski definition) is 0. The molecule has 296 valence electrons. The first-order chi connectivity index (χ1) is 31.2. The largest absolute Gasteiger partial charge is 0.310 e. The molecule has 0 aliphatic carbocycles. The summed E-state index contributed by atoms with van der Waals surface area (Å²) in [6.45, 7) is 0. The Labute approximate surface area is 369 Å². The molecule has 11 rings (SSSR count). The van der Waals surface area contributed by atoms with Gasteiger partial charge in [0, 0.05) is 16.8 Å². The van der Waals surface area contributed by atoms with Crippen molar-refractivity contribution in [1.82, 2.24) is 0 Å². The van der Waals surface area contributed by atoms with Gasteiger partial charge in [0.05, 0.1) is 5.69 Å². The van der Waals surface area contributed by atoms with Crippen LogP contribution in [0.15, 0.2) is 261 Å². The zero-order chi connectivity index (χ0) is 42.0. The quantitative estimate of drug-likeness (QED) is 0.131. The lowest BCUT2D eigenvalue weighted by Crippen LogP contribution is -2.10. The van der Waals surface area contributed by atoms with E-state index in [0.717, 1.165) is 22.6 Å². The third kappa shape index (κ3) is 7.37. The Hall–Kier alpha value is -8.26. The molecule has 0 saturated carbocycles. The van der Waals surface area contributed by atoms with Gasteiger partial charge in [-0.1, -0.05) is 212 Å². The second-order valence-electron chi connectivity index (χ2n) is 16.1. The lowest BCUT2D eigenvalue weighted by molar-refractivity contribution is 1.30. The highest BCUT2D eigenvalue weighted by atomic mass is 15.1. The van der Waals surface area contributed by atoms with Gasteiger partial charge < -0.3 is 4.90 Å². The standard InChI is InChI=1S/C62H43N/c1-5-18-44(19-6-1)46-32-36-54(37-33-46)63(61-43-52-26-13-14-29-56(52)57-30-15-16-31-58(57)61)55-38-34-47(35-39-55)50-27-17-28-51(40-50)60-42-53(45-20-7-2-8-21-45)41-59(48-22-9-3-10-23-48)62(60)49-24-11-4-12-25-49/h1-43H. The molecule has 63 heavy (non-hydrogen) atoms. The summed E-state index contributed by atoms with van der Waals surface area (Å²) >= 11 is 0. The Morgan fingerprint density at radius 2 is 0.635 bits per heavy atom. The van der Waals surface area contributed by atoms with Crippen LogP contribution in [0.5, 0.6) is 0 Å². The fourth-order valence-corrected chi connectivity index (χ4v) is 9.18. The van der Waals surface area contributed by atoms with Crippen LogP contribution in [0.2, 0.25) is 0 Å². The Morgan fingerprint density at radius 1 is 0.222 bits per heavy atom. The third-order valence-corrected chi connectivity index (χ3v) is 12.2. The molecular weight excluding hydrogens is 759 g/mol. The highest BCUT2D eigenvalue weighted by molar-refractivity contribution is 6.14. The van der Waals surface area contributed by atoms with Gasteiger partial charge in [-0.2, -0.15) is 0 Å². The van der Waals surface area contributed by atoms with E-state index in [2.05, 4.69) is 266 Å². The minimum Gasteiger partial charge on any atom is -0.310 e. The summed E-state index contributed by atoms with van der Waals surface area (Å²) in [5.74, 6) is 0. The molecule has 0 atom stereocenters. The van der Waals surface area contributed by atoms with Crippen molar-refractivity contribution in [3.05, 3.63) is 261 Å². The molecule has 1 heteroatoms. The molecule has 1 nitrogen and oxygen atoms in total. The van der Waals surface area contributed by atoms with E-state index in [4.69, 9.17) is 0 Å². The van der Waals surface area contributed by atoms with Crippen molar-refractivity contribution in [3.63, 3.8) is 0 Å². The van der Waals surface area contributed by atoms with Gasteiger partial charge in [0.15, 0.2) is 0 Å². The molecule has 0 aliphatic rings. The van der Waals surface area contributed by atoms with E-state index in [1.165, 1.54) is 82.7 Å². The molecule has 0 fully saturated rings. The lowest BCUT2D eigenvalue weighted by Gasteiger charge is -2.28. The average Bonchev–Trinajstić information content (AvgIpc) is 3.37. The molecule has 0 aromatic heterocycles. The number of anilines is 3. The summed E-state index contributed by atoms with van der Waals surface area (Å²) in [5, 5.41) is 4.92. The number of benzene rings is 11. The molecule has 0 amide bonds. The topological polar surface area (TPSA) is 3.24 Å². The van der Waals surface area contributed by atoms with Gasteiger partial charge in [-0.25, -0.2) is 0 Å². The second kappa shape index (κ2) is 16.7. The van der Waals surface area contributed by atoms with Crippen molar-refractivity contribution in [2.45, 2.75) is 0 Å². The number of fused-ring (bicyclic) bond motifs is 3. The Kier molecular flexibility index (Phi) is 9.97. The molecule has 0 N–H and O–H groups in total. The van der Waals surface area contributed by atoms with Crippen molar-refractivity contribution >= 4 is 38.6 Å². The summed E-state index contributed by atoms with van der Waals surface area (Å²) in [7, 11) is 0. The number of rotatable bonds is 9. The van der Waals surface area contributed by atoms with Crippen LogP contribution in [0.1, 0.15) is 0 Å². The van der Waals surface area contributed by atoms with Gasteiger partial charge in [-0.3, -0.25) is 0 Å². The Balaban J connectivity index is 1.04. The molecule has 0 aliphatic heterocycles. The minimum absolute atomic E-state index is 1.09. The molecule has 0 unspecified atom stereocenters. The first-order valence-electron chi connectivity index (χ1n) is 21.7. The molecule has 11 aromatic rings. The fourth-order valence-electron chi connectivity index (χ4n) is 9.18. The summed E-state index contributed by atoms with van der Waals surface area (Å²) in [6, 6.07) is 94.7. The maximum atomic E-state index is 2.41. The zero-order valence-corrected chi connectivity index (χ0v) is 34.8. The van der Waals surface area contributed by atoms with E-state index in [1.807, 2.05) is 0 Å². The minimum atomic E-state index is 1.09. The SMILES string of the molecule is c1ccc(-c2ccc(N(c3ccc(-c4cccc(-c5cc(-c6ccccc6)cc(-c6ccccc6)c5-c5ccccc5)c4)cc3)c3cc4ccccc4c4ccccc34)cc2)cc1. The molecule has 0 heterocycles. The number of hydrogen-bond acceptors (Lipinski definition) is 1. The number of nitrogens with zero attached hydrogens (tertiary/aromatic N) is 1. The van der Waals surface area contributed by atoms with E-state index in [0.29, 0.717) is 0 Å². The normalized spacial score (nSPS) is 11.2. The Morgan fingerprint density at radius 3 is 1.24 bits per heavy atom. The molecule has 0 radical (unpaired) electrons. The van der Waals surface area contributed by atoms with Crippen molar-refractivity contribution in [3.8, 4) is 66.8 Å². The van der Waals surface area contributed by atoms with Gasteiger partial charge in [-0.15, -0.1) is 0 Å². The highest BCUT2D eigenvalue weighted by Crippen LogP contribution is 2.46. The fraction of sp³-hybridized carbons (Fsp3) is 0. The predicted molar refractivity (Wildman–Crippen MR) is 269 cm³/mol. The highest BCUT2D eigenvalue weighted by Gasteiger charge is 2.20. The molecular formula is C62H43N. The van der Waals surface area contributed by atoms with Crippen molar-refractivity contribution in [1.29, 1.82) is 0 Å². The van der Waals surface area contributed by atoms with Crippen LogP contribution in [0.3, 0.4) is 0 Å². The summed E-state index contributed by atoms with van der Waals surface area (Å²) in [5.41, 5.74) is 17.7. The van der Waals surface area contributed by atoms with Gasteiger partial charge in [0.25, 0.3) is 0 Å². The van der Waals surface area contributed by atoms with E-state index in [-0.39, 0.29) is 0 Å². The Bertz CT molecular complexity index is 3340. The van der Waals surface area contributed by atoms with Crippen molar-refractivity contribution < 1.29 is 0 Å². The van der Waals surface area contributed by atoms with Gasteiger partial charge in [0.1, 0.15) is 0 Å². The van der Waals surface area contributed by atoms with E-state index >= 15 is 0 Å². The van der Waals surface area contributed by atoms with E-state index in [9.17, 15) is 0 Å². The van der Waals surface area contributed by atoms with Crippen molar-refractivity contribution in [2.75, 3.05) is 4.90 Å². The molecule has 0 spiro atoms. The first-order valence-corrected chi connectivity index (χ1v) is 21.7. The van der Waals surface area contributed by atoms with Crippen LogP contribution >= 0.6 is 0 Å². The van der Waals surface area contributed by atoms with Crippen molar-refractivity contribution in [2.24, 2.45) is 0 Å². The molecule has 11 aromatic carbocycles. The predicted octanol–water partition coefficient (Wildman–Crippen LogP) is 17.5. The van der Waals surface area contributed by atoms with Crippen LogP contribution in [-0.2, 0) is 0 Å². The van der Waals surface area contributed by atoms with Crippen LogP contribution in [0.4, 0.5) is 17.1 Å². The third-order valence-electron chi connectivity index (χ3n) is 12.2. The van der Waals surface area contributed by atoms with Gasteiger partial charge in [0.2, 0.25) is 0 Å². The lowest BCUT2D eigenvalue weighted by atomic mass is 9.84. The monoisotopic (exact) mass is 801 g/mol. The maximum Gasteiger partial charge on any atom is 0.0546 e. The summed E-state index contributed by atoms with van der Waals surface area (Å²) in [6.07, 6.45) is 0. The average molecular weight is 802 g/mol. The molecule has 0 bridgehead atoms. The van der Waals surface area contributed by atoms with E-state index in [1.54, 1.807) is 0 Å². The summed E-state index contributed by atoms with van der Waals surface area (Å²) < 4.78 is 0. The van der Waals surface area contributed by atoms with Crippen LogP contribution in [-0.4, -0.2) is 0 Å². The van der Waals surface area contributed by atoms with Crippen LogP contribution in [0, 0.1) is 0 Å². The van der Waals surface area contributed by atoms with Gasteiger partial charge in [-0.05, 0) is 131 Å². The first kappa shape index (κ1) is 37.7. The smallest absolute Gasteiger partial charge is 0.0546 e.